The second-order valence-electron chi connectivity index (χ2n) is 9.75. The molecule has 5 rings (SSSR count). The average molecular weight is 612 g/mol. The van der Waals surface area contributed by atoms with Crippen LogP contribution in [0.5, 0.6) is 0 Å². The van der Waals surface area contributed by atoms with Gasteiger partial charge in [-0.1, -0.05) is 72.8 Å². The van der Waals surface area contributed by atoms with E-state index in [1.165, 1.54) is 11.8 Å². The van der Waals surface area contributed by atoms with Gasteiger partial charge in [0.1, 0.15) is 6.61 Å². The molecule has 0 bridgehead atoms. The van der Waals surface area contributed by atoms with Crippen molar-refractivity contribution in [3.05, 3.63) is 144 Å². The van der Waals surface area contributed by atoms with Crippen LogP contribution in [0.2, 0.25) is 0 Å². The molecule has 0 aromatic heterocycles. The van der Waals surface area contributed by atoms with Gasteiger partial charge in [0.25, 0.3) is 0 Å². The van der Waals surface area contributed by atoms with Crippen LogP contribution in [0, 0.1) is 0 Å². The molecule has 224 valence electrons. The maximum absolute atomic E-state index is 13.2. The molecule has 1 heterocycles. The molecule has 44 heavy (non-hydrogen) atoms. The Morgan fingerprint density at radius 1 is 0.523 bits per heavy atom. The molecule has 4 aromatic carbocycles. The lowest BCUT2D eigenvalue weighted by atomic mass is 10.1. The highest BCUT2D eigenvalue weighted by molar-refractivity contribution is 8.01. The number of hydroxylamine groups is 1. The van der Waals surface area contributed by atoms with Crippen molar-refractivity contribution in [1.82, 2.24) is 5.48 Å². The quantitative estimate of drug-likeness (QED) is 0.139. The van der Waals surface area contributed by atoms with Gasteiger partial charge in [0.05, 0.1) is 32.8 Å². The largest absolute Gasteiger partial charge is 0.461 e. The first-order chi connectivity index (χ1) is 21.5. The molecule has 0 amide bonds. The summed E-state index contributed by atoms with van der Waals surface area (Å²) >= 11 is 1.30. The highest BCUT2D eigenvalue weighted by Crippen LogP contribution is 2.39. The number of nitrogens with one attached hydrogen (secondary N) is 1. The van der Waals surface area contributed by atoms with Crippen molar-refractivity contribution in [2.24, 2.45) is 0 Å². The minimum atomic E-state index is -0.999. The zero-order chi connectivity index (χ0) is 30.7. The lowest BCUT2D eigenvalue weighted by Gasteiger charge is -2.26. The Labute approximate surface area is 258 Å². The summed E-state index contributed by atoms with van der Waals surface area (Å²) < 4.78 is 17.5. The number of rotatable bonds is 11. The third kappa shape index (κ3) is 7.91. The van der Waals surface area contributed by atoms with Gasteiger partial charge >= 0.3 is 23.9 Å². The van der Waals surface area contributed by atoms with Crippen molar-refractivity contribution in [1.29, 1.82) is 0 Å². The molecule has 1 aliphatic rings. The summed E-state index contributed by atoms with van der Waals surface area (Å²) in [5, 5.41) is -1.17. The average Bonchev–Trinajstić information content (AvgIpc) is 3.39. The van der Waals surface area contributed by atoms with Gasteiger partial charge < -0.3 is 19.0 Å². The van der Waals surface area contributed by atoms with Crippen LogP contribution in [0.4, 0.5) is 0 Å². The van der Waals surface area contributed by atoms with Crippen LogP contribution in [0.1, 0.15) is 41.4 Å². The minimum Gasteiger partial charge on any atom is -0.461 e. The van der Waals surface area contributed by atoms with E-state index in [0.29, 0.717) is 22.3 Å². The van der Waals surface area contributed by atoms with Gasteiger partial charge in [0.2, 0.25) is 0 Å². The van der Waals surface area contributed by atoms with E-state index < -0.39 is 46.6 Å². The van der Waals surface area contributed by atoms with Crippen molar-refractivity contribution < 1.29 is 38.2 Å². The molecule has 0 aliphatic carbocycles. The molecule has 0 radical (unpaired) electrons. The summed E-state index contributed by atoms with van der Waals surface area (Å²) in [7, 11) is 0. The van der Waals surface area contributed by atoms with Gasteiger partial charge in [-0.05, 0) is 48.5 Å². The SMILES string of the molecule is O=C(OC[C@@H]1SC(CNOC(=O)c2ccccc2)[C@H](OC(=O)c2ccccc2)[C@H]1OC(=O)c1ccccc1)c1ccccc1. The summed E-state index contributed by atoms with van der Waals surface area (Å²) in [6.45, 7) is -0.0939. The Hall–Kier alpha value is -4.93. The molecule has 10 heteroatoms. The fourth-order valence-electron chi connectivity index (χ4n) is 4.56. The van der Waals surface area contributed by atoms with Gasteiger partial charge in [-0.3, -0.25) is 0 Å². The van der Waals surface area contributed by atoms with Gasteiger partial charge in [-0.2, -0.15) is 5.48 Å². The number of thioether (sulfide) groups is 1. The first kappa shape index (κ1) is 30.5. The molecule has 4 aromatic rings. The molecular formula is C34H29NO8S. The van der Waals surface area contributed by atoms with E-state index in [9.17, 15) is 19.2 Å². The monoisotopic (exact) mass is 611 g/mol. The third-order valence-electron chi connectivity index (χ3n) is 6.76. The number of benzene rings is 4. The molecule has 1 unspecified atom stereocenters. The summed E-state index contributed by atoms with van der Waals surface area (Å²) in [4.78, 5) is 57.0. The number of hydrogen-bond acceptors (Lipinski definition) is 10. The molecule has 9 nitrogen and oxygen atoms in total. The van der Waals surface area contributed by atoms with Crippen LogP contribution in [0.15, 0.2) is 121 Å². The fraction of sp³-hybridized carbons (Fsp3) is 0.176. The lowest BCUT2D eigenvalue weighted by Crippen LogP contribution is -2.44. The van der Waals surface area contributed by atoms with E-state index in [1.807, 2.05) is 0 Å². The molecule has 1 N–H and O–H groups in total. The van der Waals surface area contributed by atoms with Crippen LogP contribution < -0.4 is 5.48 Å². The standard InChI is InChI=1S/C34H29NO8S/c36-31(23-13-5-1-6-14-23)40-22-28-30(42-33(38)25-17-9-3-10-18-25)29(41-32(37)24-15-7-2-8-16-24)27(44-28)21-35-43-34(39)26-19-11-4-12-20-26/h1-20,27-30,35H,21-22H2/t27?,28-,29-,30-/m0/s1. The Morgan fingerprint density at radius 2 is 0.909 bits per heavy atom. The van der Waals surface area contributed by atoms with Crippen molar-refractivity contribution in [2.45, 2.75) is 22.7 Å². The summed E-state index contributed by atoms with van der Waals surface area (Å²) in [6.07, 6.45) is -1.98. The van der Waals surface area contributed by atoms with Gasteiger partial charge in [-0.25, -0.2) is 19.2 Å². The third-order valence-corrected chi connectivity index (χ3v) is 8.30. The number of carbonyl (C=O) groups is 4. The van der Waals surface area contributed by atoms with Gasteiger partial charge in [0, 0.05) is 6.54 Å². The van der Waals surface area contributed by atoms with E-state index in [-0.39, 0.29) is 13.2 Å². The lowest BCUT2D eigenvalue weighted by molar-refractivity contribution is -0.0384. The molecule has 1 aliphatic heterocycles. The predicted molar refractivity (Wildman–Crippen MR) is 163 cm³/mol. The normalized spacial score (nSPS) is 19.0. The minimum absolute atomic E-state index is 0.0402. The summed E-state index contributed by atoms with van der Waals surface area (Å²) in [5.41, 5.74) is 4.02. The first-order valence-electron chi connectivity index (χ1n) is 13.9. The van der Waals surface area contributed by atoms with Crippen LogP contribution in [-0.4, -0.2) is 59.7 Å². The van der Waals surface area contributed by atoms with E-state index >= 15 is 0 Å². The van der Waals surface area contributed by atoms with E-state index in [0.717, 1.165) is 0 Å². The molecule has 0 spiro atoms. The first-order valence-corrected chi connectivity index (χ1v) is 14.8. The number of ether oxygens (including phenoxy) is 3. The zero-order valence-corrected chi connectivity index (χ0v) is 24.3. The Morgan fingerprint density at radius 3 is 1.36 bits per heavy atom. The van der Waals surface area contributed by atoms with Crippen LogP contribution in [0.25, 0.3) is 0 Å². The van der Waals surface area contributed by atoms with E-state index in [2.05, 4.69) is 5.48 Å². The second kappa shape index (κ2) is 15.0. The Balaban J connectivity index is 1.37. The maximum Gasteiger partial charge on any atom is 0.356 e. The Kier molecular flexibility index (Phi) is 10.4. The second-order valence-corrected chi connectivity index (χ2v) is 11.2. The smallest absolute Gasteiger partial charge is 0.356 e. The molecule has 1 fully saturated rings. The highest BCUT2D eigenvalue weighted by Gasteiger charge is 2.49. The Bertz CT molecular complexity index is 1550. The summed E-state index contributed by atoms with van der Waals surface area (Å²) in [5.74, 6) is -2.38. The molecule has 0 saturated carbocycles. The van der Waals surface area contributed by atoms with Gasteiger partial charge in [-0.15, -0.1) is 11.8 Å². The fourth-order valence-corrected chi connectivity index (χ4v) is 6.05. The maximum atomic E-state index is 13.2. The van der Waals surface area contributed by atoms with Crippen molar-refractivity contribution >= 4 is 35.6 Å². The van der Waals surface area contributed by atoms with Crippen LogP contribution in [0.3, 0.4) is 0 Å². The molecular weight excluding hydrogens is 582 g/mol. The predicted octanol–water partition coefficient (Wildman–Crippen LogP) is 5.14. The molecule has 1 saturated heterocycles. The van der Waals surface area contributed by atoms with E-state index in [4.69, 9.17) is 19.0 Å². The van der Waals surface area contributed by atoms with Gasteiger partial charge in [0.15, 0.2) is 12.2 Å². The highest BCUT2D eigenvalue weighted by atomic mass is 32.2. The number of hydrogen-bond donors (Lipinski definition) is 1. The summed E-state index contributed by atoms with van der Waals surface area (Å²) in [6, 6.07) is 33.8. The molecule has 4 atom stereocenters. The van der Waals surface area contributed by atoms with Crippen molar-refractivity contribution in [2.75, 3.05) is 13.2 Å². The van der Waals surface area contributed by atoms with Crippen LogP contribution in [-0.2, 0) is 19.0 Å². The zero-order valence-electron chi connectivity index (χ0n) is 23.4. The van der Waals surface area contributed by atoms with E-state index in [1.54, 1.807) is 121 Å². The number of carbonyl (C=O) groups excluding carboxylic acids is 4. The topological polar surface area (TPSA) is 117 Å². The van der Waals surface area contributed by atoms with Crippen molar-refractivity contribution in [3.8, 4) is 0 Å². The number of esters is 3. The van der Waals surface area contributed by atoms with Crippen LogP contribution >= 0.6 is 11.8 Å². The van der Waals surface area contributed by atoms with Crippen molar-refractivity contribution in [3.63, 3.8) is 0 Å².